The summed E-state index contributed by atoms with van der Waals surface area (Å²) in [5.41, 5.74) is 3.59. The second-order valence-corrected chi connectivity index (χ2v) is 18.8. The van der Waals surface area contributed by atoms with Gasteiger partial charge >= 0.3 is 0 Å². The van der Waals surface area contributed by atoms with Crippen LogP contribution in [-0.4, -0.2) is 16.1 Å². The maximum Gasteiger partial charge on any atom is 0.0907 e. The van der Waals surface area contributed by atoms with Gasteiger partial charge in [0.25, 0.3) is 0 Å². The first-order valence-electron chi connectivity index (χ1n) is 6.37. The molecule has 0 radical (unpaired) electrons. The summed E-state index contributed by atoms with van der Waals surface area (Å²) in [5.74, 6) is 0. The molecule has 0 saturated carbocycles. The van der Waals surface area contributed by atoms with Crippen molar-refractivity contribution in [2.45, 2.75) is 58.5 Å². The number of fused-ring (bicyclic) bond motifs is 1. The summed E-state index contributed by atoms with van der Waals surface area (Å²) in [4.78, 5) is 0. The second-order valence-electron chi connectivity index (χ2n) is 7.07. The lowest BCUT2D eigenvalue weighted by Crippen LogP contribution is -2.39. The smallest absolute Gasteiger partial charge is 0.0907 e. The van der Waals surface area contributed by atoms with E-state index in [0.717, 1.165) is 0 Å². The van der Waals surface area contributed by atoms with Crippen LogP contribution in [-0.2, 0) is 12.8 Å². The predicted octanol–water partition coefficient (Wildman–Crippen LogP) is 3.33. The maximum atomic E-state index is 2.51. The van der Waals surface area contributed by atoms with Gasteiger partial charge in [-0.15, -0.1) is 0 Å². The quantitative estimate of drug-likeness (QED) is 0.722. The second kappa shape index (κ2) is 3.82. The van der Waals surface area contributed by atoms with Crippen LogP contribution in [0.15, 0.2) is 0 Å². The minimum Gasteiger partial charge on any atom is -0.154 e. The molecule has 16 heavy (non-hydrogen) atoms. The Balaban J connectivity index is 2.59. The van der Waals surface area contributed by atoms with E-state index in [1.807, 2.05) is 9.00 Å². The molecule has 0 aliphatic heterocycles. The molecular formula is C13H24SSi2. The minimum atomic E-state index is -1.11. The molecule has 0 unspecified atom stereocenters. The van der Waals surface area contributed by atoms with Crippen molar-refractivity contribution in [3.63, 3.8) is 0 Å². The van der Waals surface area contributed by atoms with E-state index in [9.17, 15) is 0 Å². The van der Waals surface area contributed by atoms with Gasteiger partial charge in [-0.25, -0.2) is 0 Å². The van der Waals surface area contributed by atoms with Crippen LogP contribution in [0.1, 0.15) is 17.5 Å². The van der Waals surface area contributed by atoms with E-state index in [4.69, 9.17) is 0 Å². The monoisotopic (exact) mass is 268 g/mol. The molecule has 0 nitrogen and oxygen atoms in total. The van der Waals surface area contributed by atoms with Gasteiger partial charge in [-0.1, -0.05) is 39.3 Å². The van der Waals surface area contributed by atoms with Gasteiger partial charge in [-0.3, -0.25) is 0 Å². The normalized spacial score (nSPS) is 16.6. The molecule has 0 N–H and O–H groups in total. The topological polar surface area (TPSA) is 0 Å². The van der Waals surface area contributed by atoms with Crippen molar-refractivity contribution in [2.75, 3.05) is 0 Å². The third kappa shape index (κ3) is 2.09. The van der Waals surface area contributed by atoms with Crippen molar-refractivity contribution < 1.29 is 0 Å². The summed E-state index contributed by atoms with van der Waals surface area (Å²) < 4.78 is 3.63. The van der Waals surface area contributed by atoms with Gasteiger partial charge in [0.05, 0.1) is 16.1 Å². The lowest BCUT2D eigenvalue weighted by molar-refractivity contribution is 0.914. The molecule has 1 aliphatic rings. The third-order valence-corrected chi connectivity index (χ3v) is 11.8. The molecule has 0 atom stereocenters. The molecular weight excluding hydrogens is 244 g/mol. The highest BCUT2D eigenvalue weighted by atomic mass is 32.1. The van der Waals surface area contributed by atoms with Gasteiger partial charge < -0.3 is 0 Å². The van der Waals surface area contributed by atoms with E-state index in [1.165, 1.54) is 19.3 Å². The van der Waals surface area contributed by atoms with Crippen LogP contribution in [0.3, 0.4) is 0 Å². The Labute approximate surface area is 106 Å². The van der Waals surface area contributed by atoms with Crippen molar-refractivity contribution in [2.24, 2.45) is 0 Å². The third-order valence-electron chi connectivity index (χ3n) is 3.33. The highest BCUT2D eigenvalue weighted by Gasteiger charge is 2.33. The maximum absolute atomic E-state index is 2.51. The van der Waals surface area contributed by atoms with E-state index in [0.29, 0.717) is 0 Å². The summed E-state index contributed by atoms with van der Waals surface area (Å²) >= 11 is 2.20. The molecule has 90 valence electrons. The van der Waals surface area contributed by atoms with Gasteiger partial charge in [-0.05, 0) is 39.4 Å². The fourth-order valence-corrected chi connectivity index (χ4v) is 9.31. The van der Waals surface area contributed by atoms with Crippen molar-refractivity contribution in [3.05, 3.63) is 11.1 Å². The highest BCUT2D eigenvalue weighted by Crippen LogP contribution is 2.27. The van der Waals surface area contributed by atoms with Crippen LogP contribution in [0.25, 0.3) is 0 Å². The van der Waals surface area contributed by atoms with E-state index in [1.54, 1.807) is 11.1 Å². The average Bonchev–Trinajstić information content (AvgIpc) is 2.54. The van der Waals surface area contributed by atoms with E-state index in [-0.39, 0.29) is 0 Å². The molecule has 2 rings (SSSR count). The van der Waals surface area contributed by atoms with Gasteiger partial charge in [-0.2, -0.15) is 11.3 Å². The lowest BCUT2D eigenvalue weighted by Gasteiger charge is -2.17. The SMILES string of the molecule is C[Si](C)(C)c1sc([Si](C)(C)C)c2c1CCC2. The Morgan fingerprint density at radius 2 is 1.12 bits per heavy atom. The van der Waals surface area contributed by atoms with Crippen LogP contribution in [0.2, 0.25) is 39.3 Å². The molecule has 1 aromatic rings. The number of rotatable bonds is 2. The van der Waals surface area contributed by atoms with Crippen LogP contribution in [0.4, 0.5) is 0 Å². The van der Waals surface area contributed by atoms with Crippen molar-refractivity contribution in [3.8, 4) is 0 Å². The summed E-state index contributed by atoms with van der Waals surface area (Å²) in [6.07, 6.45) is 4.15. The van der Waals surface area contributed by atoms with Crippen molar-refractivity contribution in [1.82, 2.24) is 0 Å². The predicted molar refractivity (Wildman–Crippen MR) is 82.3 cm³/mol. The first kappa shape index (κ1) is 12.6. The zero-order valence-corrected chi connectivity index (χ0v) is 14.3. The summed E-state index contributed by atoms with van der Waals surface area (Å²) in [6.45, 7) is 15.0. The van der Waals surface area contributed by atoms with Gasteiger partial charge in [0.15, 0.2) is 0 Å². The fraction of sp³-hybridized carbons (Fsp3) is 0.692. The van der Waals surface area contributed by atoms with E-state index in [2.05, 4.69) is 50.6 Å². The van der Waals surface area contributed by atoms with Crippen LogP contribution < -0.4 is 9.00 Å². The molecule has 1 heterocycles. The molecule has 1 aliphatic carbocycles. The lowest BCUT2D eigenvalue weighted by atomic mass is 10.2. The van der Waals surface area contributed by atoms with Gasteiger partial charge in [0, 0.05) is 0 Å². The van der Waals surface area contributed by atoms with Gasteiger partial charge in [0.1, 0.15) is 0 Å². The Bertz CT molecular complexity index is 368. The van der Waals surface area contributed by atoms with Crippen LogP contribution in [0.5, 0.6) is 0 Å². The standard InChI is InChI=1S/C13H24SSi2/c1-15(2,3)12-10-8-7-9-11(10)13(14-12)16(4,5)6/h7-9H2,1-6H3. The first-order valence-corrected chi connectivity index (χ1v) is 14.2. The highest BCUT2D eigenvalue weighted by molar-refractivity contribution is 7.35. The number of hydrogen-bond donors (Lipinski definition) is 0. The van der Waals surface area contributed by atoms with Crippen molar-refractivity contribution in [1.29, 1.82) is 0 Å². The number of thiophene rings is 1. The fourth-order valence-electron chi connectivity index (χ4n) is 2.68. The molecule has 1 aromatic heterocycles. The largest absolute Gasteiger partial charge is 0.154 e. The van der Waals surface area contributed by atoms with Gasteiger partial charge in [0.2, 0.25) is 0 Å². The molecule has 0 bridgehead atoms. The van der Waals surface area contributed by atoms with E-state index >= 15 is 0 Å². The Hall–Kier alpha value is 0.134. The Morgan fingerprint density at radius 1 is 0.750 bits per heavy atom. The first-order chi connectivity index (χ1) is 7.21. The van der Waals surface area contributed by atoms with Crippen LogP contribution in [0, 0.1) is 0 Å². The molecule has 0 saturated heterocycles. The molecule has 0 spiro atoms. The zero-order chi connectivity index (χ0) is 12.1. The molecule has 3 heteroatoms. The Morgan fingerprint density at radius 3 is 1.44 bits per heavy atom. The molecule has 0 amide bonds. The summed E-state index contributed by atoms with van der Waals surface area (Å²) in [6, 6.07) is 0. The summed E-state index contributed by atoms with van der Waals surface area (Å²) in [5, 5.41) is 0. The van der Waals surface area contributed by atoms with Crippen LogP contribution >= 0.6 is 11.3 Å². The summed E-state index contributed by atoms with van der Waals surface area (Å²) in [7, 11) is -2.21. The Kier molecular flexibility index (Phi) is 3.00. The van der Waals surface area contributed by atoms with Crippen molar-refractivity contribution >= 4 is 36.5 Å². The van der Waals surface area contributed by atoms with E-state index < -0.39 is 16.1 Å². The minimum absolute atomic E-state index is 1.11. The molecule has 0 aromatic carbocycles. The zero-order valence-electron chi connectivity index (χ0n) is 11.5. The average molecular weight is 269 g/mol. The number of hydrogen-bond acceptors (Lipinski definition) is 1. The molecule has 0 fully saturated rings.